The highest BCUT2D eigenvalue weighted by molar-refractivity contribution is 5.78. The first-order valence-electron chi connectivity index (χ1n) is 7.92. The van der Waals surface area contributed by atoms with E-state index in [2.05, 4.69) is 17.1 Å². The van der Waals surface area contributed by atoms with Crippen LogP contribution in [-0.4, -0.2) is 61.0 Å². The van der Waals surface area contributed by atoms with E-state index in [0.717, 1.165) is 26.1 Å². The van der Waals surface area contributed by atoms with Gasteiger partial charge in [0.1, 0.15) is 0 Å². The average molecular weight is 267 g/mol. The topological polar surface area (TPSA) is 35.6 Å². The third-order valence-electron chi connectivity index (χ3n) is 4.60. The molecule has 1 saturated heterocycles. The molecule has 0 bridgehead atoms. The zero-order valence-electron chi connectivity index (χ0n) is 12.5. The number of likely N-dealkylation sites (N-methyl/N-ethyl adjacent to an activating group) is 1. The van der Waals surface area contributed by atoms with Crippen molar-refractivity contribution in [3.63, 3.8) is 0 Å². The molecule has 4 heteroatoms. The van der Waals surface area contributed by atoms with Crippen LogP contribution in [0.15, 0.2) is 0 Å². The first-order chi connectivity index (χ1) is 9.20. The second kappa shape index (κ2) is 7.25. The summed E-state index contributed by atoms with van der Waals surface area (Å²) < 4.78 is 0. The maximum atomic E-state index is 11.9. The monoisotopic (exact) mass is 267 g/mol. The summed E-state index contributed by atoms with van der Waals surface area (Å²) in [6.45, 7) is 6.01. The van der Waals surface area contributed by atoms with Crippen molar-refractivity contribution >= 4 is 5.91 Å². The molecule has 0 spiro atoms. The van der Waals surface area contributed by atoms with Gasteiger partial charge in [0.15, 0.2) is 0 Å². The molecule has 1 aliphatic carbocycles. The van der Waals surface area contributed by atoms with Crippen LogP contribution < -0.4 is 5.32 Å². The molecule has 110 valence electrons. The van der Waals surface area contributed by atoms with Gasteiger partial charge < -0.3 is 10.2 Å². The molecule has 0 aromatic rings. The third-order valence-corrected chi connectivity index (χ3v) is 4.60. The Morgan fingerprint density at radius 3 is 2.63 bits per heavy atom. The van der Waals surface area contributed by atoms with Gasteiger partial charge in [-0.2, -0.15) is 0 Å². The lowest BCUT2D eigenvalue weighted by Gasteiger charge is -2.36. The molecule has 1 N–H and O–H groups in total. The Morgan fingerprint density at radius 1 is 1.21 bits per heavy atom. The molecule has 1 amide bonds. The zero-order valence-corrected chi connectivity index (χ0v) is 12.5. The molecule has 4 nitrogen and oxygen atoms in total. The van der Waals surface area contributed by atoms with E-state index in [1.807, 2.05) is 11.9 Å². The fourth-order valence-corrected chi connectivity index (χ4v) is 3.31. The van der Waals surface area contributed by atoms with Crippen LogP contribution in [0.25, 0.3) is 0 Å². The molecule has 0 atom stereocenters. The molecule has 19 heavy (non-hydrogen) atoms. The van der Waals surface area contributed by atoms with Gasteiger partial charge in [-0.3, -0.25) is 9.69 Å². The third kappa shape index (κ3) is 4.18. The molecular weight excluding hydrogens is 238 g/mol. The van der Waals surface area contributed by atoms with Crippen molar-refractivity contribution in [1.29, 1.82) is 0 Å². The summed E-state index contributed by atoms with van der Waals surface area (Å²) in [7, 11) is 1.93. The van der Waals surface area contributed by atoms with Crippen molar-refractivity contribution in [3.8, 4) is 0 Å². The summed E-state index contributed by atoms with van der Waals surface area (Å²) >= 11 is 0. The number of hydrogen-bond donors (Lipinski definition) is 1. The Balaban J connectivity index is 1.78. The standard InChI is InChI=1S/C15H29N3O/c1-3-9-16-13-5-7-14(8-6-13)18-11-4-10-17(2)15(19)12-18/h13-14,16H,3-12H2,1-2H3. The van der Waals surface area contributed by atoms with Crippen molar-refractivity contribution in [1.82, 2.24) is 15.1 Å². The second-order valence-corrected chi connectivity index (χ2v) is 6.10. The number of hydrogen-bond acceptors (Lipinski definition) is 3. The van der Waals surface area contributed by atoms with Crippen molar-refractivity contribution in [2.24, 2.45) is 0 Å². The van der Waals surface area contributed by atoms with Crippen LogP contribution in [0.5, 0.6) is 0 Å². The maximum Gasteiger partial charge on any atom is 0.236 e. The molecule has 2 aliphatic rings. The summed E-state index contributed by atoms with van der Waals surface area (Å²) in [6.07, 6.45) is 7.37. The minimum atomic E-state index is 0.295. The second-order valence-electron chi connectivity index (χ2n) is 6.10. The zero-order chi connectivity index (χ0) is 13.7. The first kappa shape index (κ1) is 14.8. The van der Waals surface area contributed by atoms with Gasteiger partial charge in [0.05, 0.1) is 6.54 Å². The maximum absolute atomic E-state index is 11.9. The van der Waals surface area contributed by atoms with Crippen LogP contribution in [0.3, 0.4) is 0 Å². The number of amides is 1. The summed E-state index contributed by atoms with van der Waals surface area (Å²) in [5, 5.41) is 3.63. The molecule has 2 rings (SSSR count). The Bertz CT molecular complexity index is 287. The molecule has 2 fully saturated rings. The van der Waals surface area contributed by atoms with Gasteiger partial charge in [-0.25, -0.2) is 0 Å². The molecule has 1 heterocycles. The number of nitrogens with zero attached hydrogens (tertiary/aromatic N) is 2. The van der Waals surface area contributed by atoms with Gasteiger partial charge >= 0.3 is 0 Å². The van der Waals surface area contributed by atoms with E-state index in [4.69, 9.17) is 0 Å². The fourth-order valence-electron chi connectivity index (χ4n) is 3.31. The normalized spacial score (nSPS) is 30.4. The molecular formula is C15H29N3O. The smallest absolute Gasteiger partial charge is 0.236 e. The minimum Gasteiger partial charge on any atom is -0.345 e. The predicted molar refractivity (Wildman–Crippen MR) is 78.2 cm³/mol. The van der Waals surface area contributed by atoms with Gasteiger partial charge in [0.25, 0.3) is 0 Å². The summed E-state index contributed by atoms with van der Waals surface area (Å²) in [5.41, 5.74) is 0. The van der Waals surface area contributed by atoms with E-state index in [-0.39, 0.29) is 0 Å². The van der Waals surface area contributed by atoms with Crippen LogP contribution in [0, 0.1) is 0 Å². The SMILES string of the molecule is CCCNC1CCC(N2CCCN(C)C(=O)C2)CC1. The van der Waals surface area contributed by atoms with Crippen molar-refractivity contribution < 1.29 is 4.79 Å². The number of carbonyl (C=O) groups is 1. The molecule has 1 aliphatic heterocycles. The van der Waals surface area contributed by atoms with Crippen molar-refractivity contribution in [2.45, 2.75) is 57.5 Å². The van der Waals surface area contributed by atoms with Crippen LogP contribution in [0.4, 0.5) is 0 Å². The van der Waals surface area contributed by atoms with E-state index in [1.54, 1.807) is 0 Å². The first-order valence-corrected chi connectivity index (χ1v) is 7.92. The van der Waals surface area contributed by atoms with E-state index < -0.39 is 0 Å². The Labute approximate surface area is 117 Å². The van der Waals surface area contributed by atoms with Crippen LogP contribution >= 0.6 is 0 Å². The number of rotatable bonds is 4. The Morgan fingerprint density at radius 2 is 1.95 bits per heavy atom. The van der Waals surface area contributed by atoms with E-state index in [9.17, 15) is 4.79 Å². The highest BCUT2D eigenvalue weighted by Crippen LogP contribution is 2.24. The fraction of sp³-hybridized carbons (Fsp3) is 0.933. The lowest BCUT2D eigenvalue weighted by atomic mass is 9.90. The van der Waals surface area contributed by atoms with Gasteiger partial charge in [-0.1, -0.05) is 6.92 Å². The highest BCUT2D eigenvalue weighted by atomic mass is 16.2. The van der Waals surface area contributed by atoms with E-state index in [0.29, 0.717) is 24.5 Å². The largest absolute Gasteiger partial charge is 0.345 e. The lowest BCUT2D eigenvalue weighted by molar-refractivity contribution is -0.130. The van der Waals surface area contributed by atoms with Gasteiger partial charge in [0.2, 0.25) is 5.91 Å². The predicted octanol–water partition coefficient (Wildman–Crippen LogP) is 1.46. The van der Waals surface area contributed by atoms with Crippen molar-refractivity contribution in [2.75, 3.05) is 33.2 Å². The molecule has 0 aromatic carbocycles. The van der Waals surface area contributed by atoms with E-state index >= 15 is 0 Å². The molecule has 1 saturated carbocycles. The summed E-state index contributed by atoms with van der Waals surface area (Å²) in [4.78, 5) is 16.3. The molecule has 0 unspecified atom stereocenters. The summed E-state index contributed by atoms with van der Waals surface area (Å²) in [6, 6.07) is 1.34. The number of carbonyl (C=O) groups excluding carboxylic acids is 1. The van der Waals surface area contributed by atoms with Gasteiger partial charge in [-0.15, -0.1) is 0 Å². The van der Waals surface area contributed by atoms with Crippen molar-refractivity contribution in [3.05, 3.63) is 0 Å². The number of nitrogens with one attached hydrogen (secondary N) is 1. The van der Waals surface area contributed by atoms with Gasteiger partial charge in [-0.05, 0) is 45.1 Å². The van der Waals surface area contributed by atoms with Gasteiger partial charge in [0, 0.05) is 32.2 Å². The van der Waals surface area contributed by atoms with Crippen LogP contribution in [-0.2, 0) is 4.79 Å². The average Bonchev–Trinajstić information content (AvgIpc) is 2.60. The van der Waals surface area contributed by atoms with Crippen LogP contribution in [0.1, 0.15) is 45.4 Å². The van der Waals surface area contributed by atoms with E-state index in [1.165, 1.54) is 32.1 Å². The molecule has 0 aromatic heterocycles. The lowest BCUT2D eigenvalue weighted by Crippen LogP contribution is -2.45. The summed E-state index contributed by atoms with van der Waals surface area (Å²) in [5.74, 6) is 0.295. The quantitative estimate of drug-likeness (QED) is 0.837. The van der Waals surface area contributed by atoms with Crippen LogP contribution in [0.2, 0.25) is 0 Å². The molecule has 0 radical (unpaired) electrons. The Hall–Kier alpha value is -0.610. The highest BCUT2D eigenvalue weighted by Gasteiger charge is 2.28. The minimum absolute atomic E-state index is 0.295. The Kier molecular flexibility index (Phi) is 5.64.